The lowest BCUT2D eigenvalue weighted by Crippen LogP contribution is -1.94. The SMILES string of the molecule is Cc1nc(N)sc1CCc1ccccc1F. The molecule has 0 aliphatic carbocycles. The van der Waals surface area contributed by atoms with Gasteiger partial charge in [0.1, 0.15) is 5.82 Å². The number of anilines is 1. The number of nitrogens with zero attached hydrogens (tertiary/aromatic N) is 1. The van der Waals surface area contributed by atoms with Gasteiger partial charge in [-0.2, -0.15) is 0 Å². The first-order valence-electron chi connectivity index (χ1n) is 5.12. The molecule has 2 aromatic rings. The molecule has 0 atom stereocenters. The first kappa shape index (κ1) is 11.1. The monoisotopic (exact) mass is 236 g/mol. The fraction of sp³-hybridized carbons (Fsp3) is 0.250. The first-order chi connectivity index (χ1) is 7.66. The third-order valence-corrected chi connectivity index (χ3v) is 3.53. The van der Waals surface area contributed by atoms with Gasteiger partial charge in [-0.05, 0) is 31.4 Å². The van der Waals surface area contributed by atoms with Crippen molar-refractivity contribution in [3.63, 3.8) is 0 Å². The number of benzene rings is 1. The molecular formula is C12H13FN2S. The van der Waals surface area contributed by atoms with E-state index in [9.17, 15) is 4.39 Å². The predicted octanol–water partition coefficient (Wildman–Crippen LogP) is 2.96. The summed E-state index contributed by atoms with van der Waals surface area (Å²) in [6, 6.07) is 6.86. The number of hydrogen-bond acceptors (Lipinski definition) is 3. The zero-order chi connectivity index (χ0) is 11.5. The van der Waals surface area contributed by atoms with Crippen LogP contribution in [0.3, 0.4) is 0 Å². The number of halogens is 1. The summed E-state index contributed by atoms with van der Waals surface area (Å²) in [4.78, 5) is 5.29. The van der Waals surface area contributed by atoms with Gasteiger partial charge in [0.2, 0.25) is 0 Å². The van der Waals surface area contributed by atoms with Crippen molar-refractivity contribution in [3.05, 3.63) is 46.2 Å². The van der Waals surface area contributed by atoms with Crippen molar-refractivity contribution in [1.29, 1.82) is 0 Å². The highest BCUT2D eigenvalue weighted by atomic mass is 32.1. The summed E-state index contributed by atoms with van der Waals surface area (Å²) >= 11 is 1.48. The largest absolute Gasteiger partial charge is 0.375 e. The molecule has 0 saturated carbocycles. The Balaban J connectivity index is 2.08. The Bertz CT molecular complexity index is 494. The third-order valence-electron chi connectivity index (χ3n) is 2.49. The Morgan fingerprint density at radius 3 is 2.69 bits per heavy atom. The number of hydrogen-bond donors (Lipinski definition) is 1. The van der Waals surface area contributed by atoms with Crippen LogP contribution in [0.25, 0.3) is 0 Å². The molecule has 0 unspecified atom stereocenters. The van der Waals surface area contributed by atoms with E-state index in [0.29, 0.717) is 11.6 Å². The maximum absolute atomic E-state index is 13.4. The minimum atomic E-state index is -0.141. The smallest absolute Gasteiger partial charge is 0.180 e. The minimum absolute atomic E-state index is 0.141. The van der Waals surface area contributed by atoms with Gasteiger partial charge in [-0.1, -0.05) is 18.2 Å². The van der Waals surface area contributed by atoms with Crippen molar-refractivity contribution in [2.24, 2.45) is 0 Å². The van der Waals surface area contributed by atoms with Crippen molar-refractivity contribution in [1.82, 2.24) is 4.98 Å². The third kappa shape index (κ3) is 2.39. The van der Waals surface area contributed by atoms with Crippen molar-refractivity contribution >= 4 is 16.5 Å². The van der Waals surface area contributed by atoms with Gasteiger partial charge >= 0.3 is 0 Å². The van der Waals surface area contributed by atoms with Crippen LogP contribution in [0.5, 0.6) is 0 Å². The Morgan fingerprint density at radius 1 is 1.31 bits per heavy atom. The lowest BCUT2D eigenvalue weighted by molar-refractivity contribution is 0.609. The van der Waals surface area contributed by atoms with Gasteiger partial charge in [-0.25, -0.2) is 9.37 Å². The quantitative estimate of drug-likeness (QED) is 0.889. The summed E-state index contributed by atoms with van der Waals surface area (Å²) in [5, 5.41) is 0.584. The molecule has 0 aliphatic heterocycles. The van der Waals surface area contributed by atoms with Gasteiger partial charge in [0.05, 0.1) is 5.69 Å². The average Bonchev–Trinajstić information content (AvgIpc) is 2.56. The summed E-state index contributed by atoms with van der Waals surface area (Å²) in [6.07, 6.45) is 1.48. The van der Waals surface area contributed by atoms with Crippen LogP contribution < -0.4 is 5.73 Å². The summed E-state index contributed by atoms with van der Waals surface area (Å²) in [5.74, 6) is -0.141. The Hall–Kier alpha value is -1.42. The fourth-order valence-electron chi connectivity index (χ4n) is 1.63. The van der Waals surface area contributed by atoms with Crippen LogP contribution in [0, 0.1) is 12.7 Å². The second-order valence-corrected chi connectivity index (χ2v) is 4.77. The fourth-order valence-corrected chi connectivity index (χ4v) is 2.46. The molecule has 0 spiro atoms. The average molecular weight is 236 g/mol. The van der Waals surface area contributed by atoms with Crippen LogP contribution in [0.1, 0.15) is 16.1 Å². The standard InChI is InChI=1S/C12H13FN2S/c1-8-11(16-12(14)15-8)7-6-9-4-2-3-5-10(9)13/h2-5H,6-7H2,1H3,(H2,14,15). The number of rotatable bonds is 3. The number of aryl methyl sites for hydroxylation is 3. The first-order valence-corrected chi connectivity index (χ1v) is 5.93. The molecule has 84 valence electrons. The molecule has 1 heterocycles. The molecule has 0 aliphatic rings. The van der Waals surface area contributed by atoms with Gasteiger partial charge in [0.15, 0.2) is 5.13 Å². The van der Waals surface area contributed by atoms with Crippen LogP contribution in [-0.2, 0) is 12.8 Å². The van der Waals surface area contributed by atoms with E-state index in [0.717, 1.165) is 22.6 Å². The van der Waals surface area contributed by atoms with E-state index >= 15 is 0 Å². The summed E-state index contributed by atoms with van der Waals surface area (Å²) in [7, 11) is 0. The van der Waals surface area contributed by atoms with Crippen LogP contribution in [0.4, 0.5) is 9.52 Å². The summed E-state index contributed by atoms with van der Waals surface area (Å²) in [6.45, 7) is 1.93. The number of nitrogens with two attached hydrogens (primary N) is 1. The molecule has 2 nitrogen and oxygen atoms in total. The second-order valence-electron chi connectivity index (χ2n) is 3.65. The minimum Gasteiger partial charge on any atom is -0.375 e. The number of aromatic nitrogens is 1. The molecule has 0 fully saturated rings. The zero-order valence-corrected chi connectivity index (χ0v) is 9.85. The van der Waals surface area contributed by atoms with E-state index in [1.54, 1.807) is 6.07 Å². The molecule has 16 heavy (non-hydrogen) atoms. The van der Waals surface area contributed by atoms with E-state index < -0.39 is 0 Å². The van der Waals surface area contributed by atoms with Gasteiger partial charge in [0, 0.05) is 4.88 Å². The Kier molecular flexibility index (Phi) is 3.19. The Labute approximate surface area is 97.9 Å². The highest BCUT2D eigenvalue weighted by Gasteiger charge is 2.07. The van der Waals surface area contributed by atoms with Gasteiger partial charge < -0.3 is 5.73 Å². The lowest BCUT2D eigenvalue weighted by atomic mass is 10.1. The highest BCUT2D eigenvalue weighted by molar-refractivity contribution is 7.15. The van der Waals surface area contributed by atoms with E-state index in [4.69, 9.17) is 5.73 Å². The van der Waals surface area contributed by atoms with Crippen LogP contribution in [-0.4, -0.2) is 4.98 Å². The van der Waals surface area contributed by atoms with Crippen LogP contribution >= 0.6 is 11.3 Å². The highest BCUT2D eigenvalue weighted by Crippen LogP contribution is 2.21. The van der Waals surface area contributed by atoms with E-state index in [-0.39, 0.29) is 5.82 Å². The molecule has 0 radical (unpaired) electrons. The van der Waals surface area contributed by atoms with Crippen molar-refractivity contribution < 1.29 is 4.39 Å². The molecule has 1 aromatic heterocycles. The lowest BCUT2D eigenvalue weighted by Gasteiger charge is -2.01. The molecule has 1 aromatic carbocycles. The molecule has 2 N–H and O–H groups in total. The van der Waals surface area contributed by atoms with E-state index in [1.807, 2.05) is 19.1 Å². The molecule has 4 heteroatoms. The molecule has 0 amide bonds. The topological polar surface area (TPSA) is 38.9 Å². The molecule has 2 rings (SSSR count). The van der Waals surface area contributed by atoms with Gasteiger partial charge in [-0.3, -0.25) is 0 Å². The van der Waals surface area contributed by atoms with Crippen LogP contribution in [0.2, 0.25) is 0 Å². The normalized spacial score (nSPS) is 10.6. The van der Waals surface area contributed by atoms with Crippen molar-refractivity contribution in [3.8, 4) is 0 Å². The van der Waals surface area contributed by atoms with E-state index in [1.165, 1.54) is 17.4 Å². The van der Waals surface area contributed by atoms with Gasteiger partial charge in [-0.15, -0.1) is 11.3 Å². The zero-order valence-electron chi connectivity index (χ0n) is 9.03. The second kappa shape index (κ2) is 4.61. The van der Waals surface area contributed by atoms with Crippen molar-refractivity contribution in [2.45, 2.75) is 19.8 Å². The molecule has 0 bridgehead atoms. The van der Waals surface area contributed by atoms with Crippen LogP contribution in [0.15, 0.2) is 24.3 Å². The number of thiazole rings is 1. The predicted molar refractivity (Wildman–Crippen MR) is 65.1 cm³/mol. The molecule has 0 saturated heterocycles. The summed E-state index contributed by atoms with van der Waals surface area (Å²) < 4.78 is 13.4. The van der Waals surface area contributed by atoms with E-state index in [2.05, 4.69) is 4.98 Å². The number of nitrogen functional groups attached to an aromatic ring is 1. The van der Waals surface area contributed by atoms with Gasteiger partial charge in [0.25, 0.3) is 0 Å². The maximum atomic E-state index is 13.4. The summed E-state index contributed by atoms with van der Waals surface area (Å²) in [5.41, 5.74) is 7.31. The Morgan fingerprint density at radius 2 is 2.06 bits per heavy atom. The molecular weight excluding hydrogens is 223 g/mol. The van der Waals surface area contributed by atoms with Crippen molar-refractivity contribution in [2.75, 3.05) is 5.73 Å². The maximum Gasteiger partial charge on any atom is 0.180 e.